The highest BCUT2D eigenvalue weighted by atomic mass is 32.2. The smallest absolute Gasteiger partial charge is 0.299 e. The molecule has 1 aromatic heterocycles. The summed E-state index contributed by atoms with van der Waals surface area (Å²) in [4.78, 5) is 7.73. The number of alkyl halides is 3. The molecule has 1 aliphatic heterocycles. The number of allylic oxidation sites excluding steroid dienone is 1. The number of nitrogens with zero attached hydrogens (tertiary/aromatic N) is 3. The Hall–Kier alpha value is -2.46. The van der Waals surface area contributed by atoms with Crippen molar-refractivity contribution in [3.8, 4) is 5.69 Å². The summed E-state index contributed by atoms with van der Waals surface area (Å²) in [5.74, 6) is 0.148. The van der Waals surface area contributed by atoms with Gasteiger partial charge in [-0.15, -0.1) is 0 Å². The maximum Gasteiger partial charge on any atom is 0.434 e. The van der Waals surface area contributed by atoms with E-state index in [1.807, 2.05) is 6.92 Å². The quantitative estimate of drug-likeness (QED) is 0.882. The zero-order valence-corrected chi connectivity index (χ0v) is 14.4. The van der Waals surface area contributed by atoms with Crippen LogP contribution in [0.2, 0.25) is 0 Å². The van der Waals surface area contributed by atoms with Gasteiger partial charge in [0.2, 0.25) is 10.0 Å². The Bertz CT molecular complexity index is 989. The lowest BCUT2D eigenvalue weighted by Crippen LogP contribution is -2.12. The van der Waals surface area contributed by atoms with Gasteiger partial charge in [-0.25, -0.2) is 18.5 Å². The lowest BCUT2D eigenvalue weighted by atomic mass is 10.1. The van der Waals surface area contributed by atoms with Crippen molar-refractivity contribution in [1.82, 2.24) is 9.55 Å². The molecule has 2 heterocycles. The number of halogens is 3. The number of imidazole rings is 1. The molecule has 1 aliphatic rings. The Morgan fingerprint density at radius 1 is 1.23 bits per heavy atom. The van der Waals surface area contributed by atoms with Crippen molar-refractivity contribution in [3.05, 3.63) is 48.1 Å². The third-order valence-electron chi connectivity index (χ3n) is 3.79. The van der Waals surface area contributed by atoms with Crippen LogP contribution in [0.15, 0.2) is 46.4 Å². The third kappa shape index (κ3) is 3.70. The van der Waals surface area contributed by atoms with Crippen molar-refractivity contribution in [2.75, 3.05) is 6.54 Å². The summed E-state index contributed by atoms with van der Waals surface area (Å²) < 4.78 is 63.4. The Morgan fingerprint density at radius 3 is 2.42 bits per heavy atom. The van der Waals surface area contributed by atoms with Crippen LogP contribution in [-0.4, -0.2) is 30.7 Å². The minimum Gasteiger partial charge on any atom is -0.299 e. The largest absolute Gasteiger partial charge is 0.434 e. The van der Waals surface area contributed by atoms with Crippen LogP contribution < -0.4 is 5.14 Å². The van der Waals surface area contributed by atoms with Gasteiger partial charge in [0, 0.05) is 30.2 Å². The minimum absolute atomic E-state index is 0.0687. The lowest BCUT2D eigenvalue weighted by molar-refractivity contribution is -0.140. The topological polar surface area (TPSA) is 90.3 Å². The molecule has 0 saturated carbocycles. The summed E-state index contributed by atoms with van der Waals surface area (Å²) >= 11 is 0. The molecule has 2 aromatic rings. The molecule has 138 valence electrons. The van der Waals surface area contributed by atoms with Gasteiger partial charge in [-0.2, -0.15) is 13.2 Å². The molecule has 1 atom stereocenters. The van der Waals surface area contributed by atoms with Gasteiger partial charge in [0.25, 0.3) is 0 Å². The fraction of sp³-hybridized carbons (Fsp3) is 0.250. The normalized spacial score (nSPS) is 18.0. The SMILES string of the molecule is CC1C=C(c2nc(C(F)(F)F)cn2-c2ccc(S(N)(=O)=O)cc2)C=NC1. The van der Waals surface area contributed by atoms with Gasteiger partial charge >= 0.3 is 6.18 Å². The van der Waals surface area contributed by atoms with E-state index in [1.165, 1.54) is 35.0 Å². The minimum atomic E-state index is -4.61. The van der Waals surface area contributed by atoms with E-state index in [9.17, 15) is 21.6 Å². The van der Waals surface area contributed by atoms with Crippen LogP contribution in [0.25, 0.3) is 11.3 Å². The molecule has 26 heavy (non-hydrogen) atoms. The summed E-state index contributed by atoms with van der Waals surface area (Å²) in [6.07, 6.45) is -0.462. The van der Waals surface area contributed by atoms with Crippen LogP contribution >= 0.6 is 0 Å². The first kappa shape index (κ1) is 18.3. The van der Waals surface area contributed by atoms with E-state index in [0.29, 0.717) is 17.8 Å². The first-order valence-corrected chi connectivity index (χ1v) is 9.12. The number of benzene rings is 1. The van der Waals surface area contributed by atoms with Crippen molar-refractivity contribution < 1.29 is 21.6 Å². The molecule has 2 N–H and O–H groups in total. The molecular weight excluding hydrogens is 369 g/mol. The van der Waals surface area contributed by atoms with Crippen LogP contribution in [0, 0.1) is 5.92 Å². The first-order chi connectivity index (χ1) is 12.1. The fourth-order valence-corrected chi connectivity index (χ4v) is 3.08. The molecule has 1 aromatic carbocycles. The Balaban J connectivity index is 2.14. The predicted molar refractivity (Wildman–Crippen MR) is 90.4 cm³/mol. The highest BCUT2D eigenvalue weighted by Crippen LogP contribution is 2.32. The van der Waals surface area contributed by atoms with Gasteiger partial charge < -0.3 is 0 Å². The molecule has 1 unspecified atom stereocenters. The molecule has 0 aliphatic carbocycles. The van der Waals surface area contributed by atoms with E-state index >= 15 is 0 Å². The number of primary sulfonamides is 1. The zero-order valence-electron chi connectivity index (χ0n) is 13.6. The van der Waals surface area contributed by atoms with Gasteiger partial charge in [-0.3, -0.25) is 9.56 Å². The highest BCUT2D eigenvalue weighted by molar-refractivity contribution is 7.89. The predicted octanol–water partition coefficient (Wildman–Crippen LogP) is 2.64. The number of nitrogens with two attached hydrogens (primary N) is 1. The molecule has 6 nitrogen and oxygen atoms in total. The summed E-state index contributed by atoms with van der Waals surface area (Å²) in [7, 11) is -3.90. The molecule has 10 heteroatoms. The fourth-order valence-electron chi connectivity index (χ4n) is 2.57. The average molecular weight is 384 g/mol. The molecule has 0 bridgehead atoms. The summed E-state index contributed by atoms with van der Waals surface area (Å²) in [5, 5.41) is 5.05. The summed E-state index contributed by atoms with van der Waals surface area (Å²) in [6.45, 7) is 2.45. The second-order valence-electron chi connectivity index (χ2n) is 5.95. The third-order valence-corrected chi connectivity index (χ3v) is 4.72. The summed E-state index contributed by atoms with van der Waals surface area (Å²) in [5.41, 5.74) is -0.256. The first-order valence-electron chi connectivity index (χ1n) is 7.57. The van der Waals surface area contributed by atoms with Gasteiger partial charge in [-0.05, 0) is 30.2 Å². The number of hydrogen-bond donors (Lipinski definition) is 1. The van der Waals surface area contributed by atoms with Gasteiger partial charge in [0.1, 0.15) is 5.82 Å². The molecule has 0 saturated heterocycles. The Labute approximate surface area is 147 Å². The Kier molecular flexibility index (Phi) is 4.49. The molecule has 0 amide bonds. The van der Waals surface area contributed by atoms with E-state index in [4.69, 9.17) is 5.14 Å². The van der Waals surface area contributed by atoms with Crippen molar-refractivity contribution in [2.45, 2.75) is 18.0 Å². The number of rotatable bonds is 3. The molecule has 0 spiro atoms. The van der Waals surface area contributed by atoms with E-state index in [1.54, 1.807) is 6.08 Å². The van der Waals surface area contributed by atoms with E-state index in [-0.39, 0.29) is 16.6 Å². The zero-order chi connectivity index (χ0) is 19.1. The van der Waals surface area contributed by atoms with Gasteiger partial charge in [-0.1, -0.05) is 13.0 Å². The number of aliphatic imine (C=N–C) groups is 1. The number of sulfonamides is 1. The molecule has 3 rings (SSSR count). The maximum absolute atomic E-state index is 13.1. The van der Waals surface area contributed by atoms with Gasteiger partial charge in [0.05, 0.1) is 4.90 Å². The lowest BCUT2D eigenvalue weighted by Gasteiger charge is -2.13. The van der Waals surface area contributed by atoms with Crippen LogP contribution in [-0.2, 0) is 16.2 Å². The highest BCUT2D eigenvalue weighted by Gasteiger charge is 2.35. The van der Waals surface area contributed by atoms with Crippen LogP contribution in [0.1, 0.15) is 18.4 Å². The van der Waals surface area contributed by atoms with E-state index < -0.39 is 21.9 Å². The molecular formula is C16H15F3N4O2S. The van der Waals surface area contributed by atoms with E-state index in [0.717, 1.165) is 6.20 Å². The van der Waals surface area contributed by atoms with Gasteiger partial charge in [0.15, 0.2) is 5.69 Å². The Morgan fingerprint density at radius 2 is 1.88 bits per heavy atom. The average Bonchev–Trinajstić information content (AvgIpc) is 3.00. The summed E-state index contributed by atoms with van der Waals surface area (Å²) in [6, 6.07) is 5.20. The number of hydrogen-bond acceptors (Lipinski definition) is 4. The monoisotopic (exact) mass is 384 g/mol. The van der Waals surface area contributed by atoms with Crippen molar-refractivity contribution >= 4 is 21.8 Å². The van der Waals surface area contributed by atoms with Crippen LogP contribution in [0.4, 0.5) is 13.2 Å². The molecule has 0 fully saturated rings. The standard InChI is InChI=1S/C16H15F3N4O2S/c1-10-6-11(8-21-7-10)15-22-14(16(17,18)19)9-23(15)12-2-4-13(5-3-12)26(20,24)25/h2-6,8-10H,7H2,1H3,(H2,20,24,25). The van der Waals surface area contributed by atoms with Crippen molar-refractivity contribution in [2.24, 2.45) is 16.0 Å². The second-order valence-corrected chi connectivity index (χ2v) is 7.51. The van der Waals surface area contributed by atoms with Crippen LogP contribution in [0.3, 0.4) is 0 Å². The molecule has 0 radical (unpaired) electrons. The van der Waals surface area contributed by atoms with Crippen LogP contribution in [0.5, 0.6) is 0 Å². The number of aromatic nitrogens is 2. The second kappa shape index (κ2) is 6.36. The van der Waals surface area contributed by atoms with E-state index in [2.05, 4.69) is 9.98 Å². The number of dihydropyridines is 1. The van der Waals surface area contributed by atoms with Crippen molar-refractivity contribution in [1.29, 1.82) is 0 Å². The van der Waals surface area contributed by atoms with Crippen molar-refractivity contribution in [3.63, 3.8) is 0 Å². The maximum atomic E-state index is 13.1.